The largest absolute Gasteiger partial charge is 0.508 e. The number of aliphatic hydroxyl groups excluding tert-OH is 3. The Morgan fingerprint density at radius 1 is 0.708 bits per heavy atom. The Morgan fingerprint density at radius 2 is 1.32 bits per heavy atom. The molecule has 8 heterocycles. The van der Waals surface area contributed by atoms with Crippen molar-refractivity contribution in [3.63, 3.8) is 0 Å². The summed E-state index contributed by atoms with van der Waals surface area (Å²) < 4.78 is 103. The van der Waals surface area contributed by atoms with E-state index in [9.17, 15) is 76.9 Å². The Balaban J connectivity index is 0.567. The van der Waals surface area contributed by atoms with E-state index in [2.05, 4.69) is 48.2 Å². The smallest absolute Gasteiger partial charge is 0.355 e. The molecule has 40 heteroatoms. The standard InChI is InChI=1S/C80H107N11O28S/c1-9-51-54-39-50(92)14-16-59(54)86-67-56(51)42-91-48(6)57-44-116-79(104)80(10-2,58(57)40-61(67)91)119-77(103)53-15-13-49(38-63(53)117-78-70(97)68(95)69(96)71(118-78)76(101)102)84-73(98)47(5)83-75(100)66(46(3)4)87-65(94)18-22-108-24-26-110-28-30-112-32-34-114-36-37-115-35-33-113-31-29-111-27-25-109-23-20-82-74(99)60(45-120(105,106)107)85-64(93)17-21-90-62-43-89(8)88(7)41-55(62)52-12-11-19-81-72(52)90/h11-16,19,38-40,46-47,60,66,68-71,78,92,95-97H,6,9-10,17-18,20-37,41-45H2,1-5,7-8H3,(H,82,99)(H,83,100)(H,84,98)(H,85,93)(H,87,94)(H,101,102)(H,105,106,107)/t47-,60-,66-,68-,69-,70+,71-,78+,80-/m0/s1. The van der Waals surface area contributed by atoms with Gasteiger partial charge in [0.2, 0.25) is 41.4 Å². The highest BCUT2D eigenvalue weighted by Crippen LogP contribution is 2.49. The second kappa shape index (κ2) is 43.2. The number of hydrogen-bond donors (Lipinski definition) is 11. The highest BCUT2D eigenvalue weighted by molar-refractivity contribution is 7.85. The van der Waals surface area contributed by atoms with E-state index in [0.717, 1.165) is 50.9 Å². The molecule has 5 aliphatic rings. The van der Waals surface area contributed by atoms with Crippen molar-refractivity contribution < 1.29 is 134 Å². The molecule has 5 aliphatic heterocycles. The number of cyclic esters (lactones) is 1. The summed E-state index contributed by atoms with van der Waals surface area (Å²) in [5, 5.41) is 71.3. The van der Waals surface area contributed by atoms with Crippen molar-refractivity contribution in [2.75, 3.05) is 144 Å². The van der Waals surface area contributed by atoms with Gasteiger partial charge in [-0.3, -0.25) is 28.5 Å². The van der Waals surface area contributed by atoms with E-state index < -0.39 is 135 Å². The van der Waals surface area contributed by atoms with Crippen LogP contribution in [0.15, 0.2) is 84.2 Å². The van der Waals surface area contributed by atoms with Crippen molar-refractivity contribution in [2.24, 2.45) is 5.92 Å². The molecule has 0 bridgehead atoms. The first-order chi connectivity index (χ1) is 57.4. The lowest BCUT2D eigenvalue weighted by Gasteiger charge is -2.41. The topological polar surface area (TPSA) is 503 Å². The molecule has 0 radical (unpaired) electrons. The fraction of sp³-hybridized carbons (Fsp3) is 0.550. The van der Waals surface area contributed by atoms with Crippen LogP contribution in [0.25, 0.3) is 27.6 Å². The average molecular weight is 1700 g/mol. The van der Waals surface area contributed by atoms with Crippen LogP contribution in [0.2, 0.25) is 0 Å². The number of benzene rings is 2. The number of ether oxygens (including phenoxy) is 12. The van der Waals surface area contributed by atoms with Gasteiger partial charge in [0.1, 0.15) is 71.5 Å². The van der Waals surface area contributed by atoms with Crippen LogP contribution in [0.4, 0.5) is 5.69 Å². The second-order valence-electron chi connectivity index (χ2n) is 29.3. The molecule has 1 fully saturated rings. The zero-order chi connectivity index (χ0) is 86.5. The molecular formula is C80H107N11O28S. The number of pyridine rings is 2. The van der Waals surface area contributed by atoms with Gasteiger partial charge in [-0.05, 0) is 85.4 Å². The van der Waals surface area contributed by atoms with E-state index in [1.807, 2.05) is 42.6 Å². The van der Waals surface area contributed by atoms with Crippen molar-refractivity contribution in [3.8, 4) is 11.5 Å². The molecule has 39 nitrogen and oxygen atoms in total. The van der Waals surface area contributed by atoms with E-state index in [4.69, 9.17) is 61.8 Å². The van der Waals surface area contributed by atoms with Crippen LogP contribution < -0.4 is 31.3 Å². The molecule has 0 spiro atoms. The van der Waals surface area contributed by atoms with Gasteiger partial charge >= 0.3 is 17.9 Å². The van der Waals surface area contributed by atoms with Gasteiger partial charge in [0.25, 0.3) is 10.1 Å². The van der Waals surface area contributed by atoms with Crippen molar-refractivity contribution in [2.45, 2.75) is 141 Å². The first-order valence-electron chi connectivity index (χ1n) is 39.6. The number of aryl methyl sites for hydroxylation is 2. The van der Waals surface area contributed by atoms with Crippen LogP contribution in [0.1, 0.15) is 92.3 Å². The number of nitrogens with zero attached hydrogens (tertiary/aromatic N) is 6. The van der Waals surface area contributed by atoms with Crippen LogP contribution in [-0.2, 0) is 128 Å². The summed E-state index contributed by atoms with van der Waals surface area (Å²) in [6.07, 6.45) is -7.00. The first kappa shape index (κ1) is 92.6. The van der Waals surface area contributed by atoms with Crippen LogP contribution in [0, 0.1) is 5.92 Å². The van der Waals surface area contributed by atoms with Gasteiger partial charge in [-0.1, -0.05) is 34.3 Å². The molecule has 9 atom stereocenters. The number of nitrogens with one attached hydrogen (secondary N) is 5. The third-order valence-electron chi connectivity index (χ3n) is 20.7. The van der Waals surface area contributed by atoms with Gasteiger partial charge < -0.3 is 118 Å². The number of hydrogen-bond acceptors (Lipinski definition) is 31. The van der Waals surface area contributed by atoms with Crippen LogP contribution >= 0.6 is 0 Å². The molecule has 10 rings (SSSR count). The van der Waals surface area contributed by atoms with Gasteiger partial charge in [-0.15, -0.1) is 0 Å². The number of aromatic hydroxyl groups is 1. The fourth-order valence-corrected chi connectivity index (χ4v) is 14.9. The quantitative estimate of drug-likeness (QED) is 0.0148. The molecule has 5 aromatic rings. The summed E-state index contributed by atoms with van der Waals surface area (Å²) in [4.78, 5) is 119. The number of anilines is 1. The minimum atomic E-state index is -4.63. The Bertz CT molecular complexity index is 4700. The number of aromatic nitrogens is 3. The number of hydrazine groups is 1. The first-order valence-corrected chi connectivity index (χ1v) is 41.2. The fourth-order valence-electron chi connectivity index (χ4n) is 14.2. The van der Waals surface area contributed by atoms with E-state index in [1.54, 1.807) is 45.2 Å². The summed E-state index contributed by atoms with van der Waals surface area (Å²) in [5.74, 6) is -9.24. The van der Waals surface area contributed by atoms with E-state index in [0.29, 0.717) is 107 Å². The normalized spacial score (nSPS) is 20.0. The van der Waals surface area contributed by atoms with Crippen LogP contribution in [-0.4, -0.2) is 309 Å². The van der Waals surface area contributed by atoms with Gasteiger partial charge in [0, 0.05) is 103 Å². The molecule has 0 unspecified atom stereocenters. The molecule has 1 saturated heterocycles. The number of aliphatic hydroxyl groups is 3. The van der Waals surface area contributed by atoms with E-state index >= 15 is 0 Å². The van der Waals surface area contributed by atoms with Gasteiger partial charge in [-0.25, -0.2) is 34.4 Å². The highest BCUT2D eigenvalue weighted by atomic mass is 32.2. The Labute approximate surface area is 692 Å². The van der Waals surface area contributed by atoms with E-state index in [1.165, 1.54) is 19.1 Å². The zero-order valence-corrected chi connectivity index (χ0v) is 68.8. The predicted molar refractivity (Wildman–Crippen MR) is 426 cm³/mol. The van der Waals surface area contributed by atoms with E-state index in [-0.39, 0.29) is 109 Å². The van der Waals surface area contributed by atoms with Crippen LogP contribution in [0.3, 0.4) is 0 Å². The maximum absolute atomic E-state index is 14.8. The number of amides is 5. The lowest BCUT2D eigenvalue weighted by Crippen LogP contribution is -2.61. The Hall–Kier alpha value is -9.73. The highest BCUT2D eigenvalue weighted by Gasteiger charge is 2.54. The number of carbonyl (C=O) groups is 8. The molecule has 3 aromatic heterocycles. The second-order valence-corrected chi connectivity index (χ2v) is 30.8. The Kier molecular flexibility index (Phi) is 33.3. The number of fused-ring (bicyclic) bond motifs is 7. The number of carboxylic acid groups (broad SMARTS) is 1. The molecule has 2 aromatic carbocycles. The number of aliphatic carboxylic acids is 1. The third kappa shape index (κ3) is 23.5. The third-order valence-corrected chi connectivity index (χ3v) is 21.5. The number of phenolic OH excluding ortho intramolecular Hbond substituents is 1. The lowest BCUT2D eigenvalue weighted by molar-refractivity contribution is -0.271. The molecular weight excluding hydrogens is 1590 g/mol. The number of esters is 2. The summed E-state index contributed by atoms with van der Waals surface area (Å²) in [7, 11) is -0.692. The van der Waals surface area contributed by atoms with Crippen molar-refractivity contribution in [3.05, 3.63) is 118 Å². The monoisotopic (exact) mass is 1700 g/mol. The van der Waals surface area contributed by atoms with Gasteiger partial charge in [0.15, 0.2) is 6.10 Å². The van der Waals surface area contributed by atoms with Gasteiger partial charge in [0.05, 0.1) is 136 Å². The maximum Gasteiger partial charge on any atom is 0.355 e. The summed E-state index contributed by atoms with van der Waals surface area (Å²) in [6.45, 7) is 18.3. The molecule has 120 heavy (non-hydrogen) atoms. The minimum absolute atomic E-state index is 0.00181. The lowest BCUT2D eigenvalue weighted by atomic mass is 9.81. The zero-order valence-electron chi connectivity index (χ0n) is 68.0. The van der Waals surface area contributed by atoms with Crippen molar-refractivity contribution >= 4 is 90.9 Å². The predicted octanol–water partition coefficient (Wildman–Crippen LogP) is 1.14. The number of rotatable bonds is 47. The maximum atomic E-state index is 14.8. The molecule has 11 N–H and O–H groups in total. The van der Waals surface area contributed by atoms with Crippen molar-refractivity contribution in [1.82, 2.24) is 50.7 Å². The average Bonchev–Trinajstić information content (AvgIpc) is 1.40. The van der Waals surface area contributed by atoms with Crippen LogP contribution in [0.5, 0.6) is 11.5 Å². The van der Waals surface area contributed by atoms with Crippen molar-refractivity contribution in [1.29, 1.82) is 0 Å². The van der Waals surface area contributed by atoms with Gasteiger partial charge in [-0.2, -0.15) is 8.42 Å². The molecule has 5 amide bonds. The summed E-state index contributed by atoms with van der Waals surface area (Å²) >= 11 is 0. The number of carbonyl (C=O) groups excluding carboxylic acids is 7. The summed E-state index contributed by atoms with van der Waals surface area (Å²) in [5.41, 5.74) is 4.83. The molecule has 656 valence electrons. The minimum Gasteiger partial charge on any atom is -0.508 e. The number of carboxylic acids is 1. The molecule has 0 saturated carbocycles. The molecule has 0 aliphatic carbocycles. The summed E-state index contributed by atoms with van der Waals surface area (Å²) in [6, 6.07) is 8.26. The Morgan fingerprint density at radius 3 is 1.93 bits per heavy atom. The SMILES string of the molecule is C=C1C2=C(C=C3c4nc5ccc(O)cc5c(CC)c4CN13)[C@](CC)(OC(=O)c1ccc(NC(=O)[C@H](C)NC(=O)[C@@H](NC(=O)CCOCCOCCOCCOCCOCCOCCOCCOCCNC(=O)[C@H](CS(=O)(=O)O)NC(=O)CCn3c4c(c5cccnc53)CN(C)N(C)C4)C(C)C)cc1O[C@@H]1O[C@H](C(=O)O)[C@@H](O)[C@H](O)[C@H]1O)C(=O)OC2. The number of phenols is 1.